The fourth-order valence-electron chi connectivity index (χ4n) is 3.69. The Morgan fingerprint density at radius 3 is 2.53 bits per heavy atom. The van der Waals surface area contributed by atoms with Crippen LogP contribution in [0.15, 0.2) is 12.2 Å². The lowest BCUT2D eigenvalue weighted by Gasteiger charge is -2.40. The first-order valence-electron chi connectivity index (χ1n) is 6.97. The van der Waals surface area contributed by atoms with E-state index < -0.39 is 0 Å². The molecule has 2 fully saturated rings. The number of nitrogens with one attached hydrogen (secondary N) is 1. The van der Waals surface area contributed by atoms with E-state index in [4.69, 9.17) is 0 Å². The SMILES string of the molecule is O=C(C1CC2CNCC(C2)C1)N1CC=CCC1. The van der Waals surface area contributed by atoms with Crippen LogP contribution in [0.3, 0.4) is 0 Å². The van der Waals surface area contributed by atoms with Gasteiger partial charge in [-0.15, -0.1) is 0 Å². The van der Waals surface area contributed by atoms with Crippen molar-refractivity contribution >= 4 is 5.91 Å². The Kier molecular flexibility index (Phi) is 3.19. The fourth-order valence-corrected chi connectivity index (χ4v) is 3.69. The lowest BCUT2D eigenvalue weighted by Crippen LogP contribution is -2.46. The summed E-state index contributed by atoms with van der Waals surface area (Å²) >= 11 is 0. The topological polar surface area (TPSA) is 32.3 Å². The van der Waals surface area contributed by atoms with E-state index in [-0.39, 0.29) is 0 Å². The smallest absolute Gasteiger partial charge is 0.225 e. The molecular formula is C14H22N2O. The molecule has 3 nitrogen and oxygen atoms in total. The molecule has 1 amide bonds. The van der Waals surface area contributed by atoms with Crippen molar-refractivity contribution in [2.24, 2.45) is 17.8 Å². The van der Waals surface area contributed by atoms with Gasteiger partial charge in [-0.3, -0.25) is 4.79 Å². The molecule has 2 atom stereocenters. The largest absolute Gasteiger partial charge is 0.338 e. The Balaban J connectivity index is 1.63. The minimum atomic E-state index is 0.312. The van der Waals surface area contributed by atoms with Crippen molar-refractivity contribution in [3.63, 3.8) is 0 Å². The summed E-state index contributed by atoms with van der Waals surface area (Å²) in [5, 5.41) is 3.49. The second-order valence-corrected chi connectivity index (χ2v) is 5.84. The Bertz CT molecular complexity index is 314. The lowest BCUT2D eigenvalue weighted by molar-refractivity contribution is -0.137. The molecule has 1 saturated carbocycles. The fraction of sp³-hybridized carbons (Fsp3) is 0.786. The molecule has 3 aliphatic rings. The van der Waals surface area contributed by atoms with Crippen LogP contribution in [0.25, 0.3) is 0 Å². The highest BCUT2D eigenvalue weighted by atomic mass is 16.2. The molecule has 0 aromatic heterocycles. The number of piperidine rings is 1. The summed E-state index contributed by atoms with van der Waals surface area (Å²) in [6.45, 7) is 4.02. The number of carbonyl (C=O) groups is 1. The third-order valence-corrected chi connectivity index (χ3v) is 4.49. The molecule has 17 heavy (non-hydrogen) atoms. The van der Waals surface area contributed by atoms with Gasteiger partial charge < -0.3 is 10.2 Å². The summed E-state index contributed by atoms with van der Waals surface area (Å²) in [6, 6.07) is 0. The number of fused-ring (bicyclic) bond motifs is 2. The van der Waals surface area contributed by atoms with E-state index in [1.807, 2.05) is 0 Å². The first-order valence-corrected chi connectivity index (χ1v) is 6.97. The lowest BCUT2D eigenvalue weighted by atomic mass is 9.72. The Labute approximate surface area is 103 Å². The first kappa shape index (κ1) is 11.3. The van der Waals surface area contributed by atoms with E-state index in [9.17, 15) is 4.79 Å². The van der Waals surface area contributed by atoms with Gasteiger partial charge in [-0.2, -0.15) is 0 Å². The van der Waals surface area contributed by atoms with Crippen molar-refractivity contribution < 1.29 is 4.79 Å². The third kappa shape index (κ3) is 2.39. The highest BCUT2D eigenvalue weighted by molar-refractivity contribution is 5.79. The standard InChI is InChI=1S/C14H22N2O/c17-14(16-4-2-1-3-5-16)13-7-11-6-12(8-13)10-15-9-11/h1-2,11-13,15H,3-10H2. The monoisotopic (exact) mass is 234 g/mol. The van der Waals surface area contributed by atoms with Crippen LogP contribution < -0.4 is 5.32 Å². The number of hydrogen-bond donors (Lipinski definition) is 1. The summed E-state index contributed by atoms with van der Waals surface area (Å²) in [6.07, 6.45) is 8.92. The number of nitrogens with zero attached hydrogens (tertiary/aromatic N) is 1. The van der Waals surface area contributed by atoms with Crippen molar-refractivity contribution in [2.75, 3.05) is 26.2 Å². The number of hydrogen-bond acceptors (Lipinski definition) is 2. The second kappa shape index (κ2) is 4.81. The van der Waals surface area contributed by atoms with E-state index in [1.54, 1.807) is 0 Å². The zero-order chi connectivity index (χ0) is 11.7. The molecule has 0 aromatic carbocycles. The van der Waals surface area contributed by atoms with Crippen LogP contribution in [0.5, 0.6) is 0 Å². The quantitative estimate of drug-likeness (QED) is 0.696. The van der Waals surface area contributed by atoms with Crippen LogP contribution in [0.4, 0.5) is 0 Å². The Morgan fingerprint density at radius 1 is 1.12 bits per heavy atom. The maximum Gasteiger partial charge on any atom is 0.225 e. The van der Waals surface area contributed by atoms with Gasteiger partial charge in [0.2, 0.25) is 5.91 Å². The molecule has 0 radical (unpaired) electrons. The summed E-state index contributed by atoms with van der Waals surface area (Å²) < 4.78 is 0. The van der Waals surface area contributed by atoms with Gasteiger partial charge >= 0.3 is 0 Å². The molecule has 1 aliphatic carbocycles. The molecule has 2 heterocycles. The van der Waals surface area contributed by atoms with Gasteiger partial charge in [0.1, 0.15) is 0 Å². The molecule has 1 saturated heterocycles. The van der Waals surface area contributed by atoms with Crippen LogP contribution in [-0.4, -0.2) is 37.0 Å². The molecule has 2 unspecified atom stereocenters. The molecule has 2 bridgehead atoms. The first-order chi connectivity index (χ1) is 8.33. The van der Waals surface area contributed by atoms with Gasteiger partial charge in [0, 0.05) is 19.0 Å². The van der Waals surface area contributed by atoms with Crippen LogP contribution in [0, 0.1) is 17.8 Å². The Hall–Kier alpha value is -0.830. The van der Waals surface area contributed by atoms with Crippen molar-refractivity contribution in [1.82, 2.24) is 10.2 Å². The van der Waals surface area contributed by atoms with Gasteiger partial charge in [0.15, 0.2) is 0 Å². The van der Waals surface area contributed by atoms with E-state index in [0.717, 1.165) is 57.3 Å². The van der Waals surface area contributed by atoms with Gasteiger partial charge in [0.25, 0.3) is 0 Å². The van der Waals surface area contributed by atoms with Gasteiger partial charge in [0.05, 0.1) is 0 Å². The maximum atomic E-state index is 12.5. The van der Waals surface area contributed by atoms with Crippen LogP contribution in [0.1, 0.15) is 25.7 Å². The van der Waals surface area contributed by atoms with Crippen molar-refractivity contribution in [2.45, 2.75) is 25.7 Å². The molecule has 3 heteroatoms. The van der Waals surface area contributed by atoms with E-state index in [1.165, 1.54) is 6.42 Å². The highest BCUT2D eigenvalue weighted by Gasteiger charge is 2.36. The minimum absolute atomic E-state index is 0.312. The zero-order valence-electron chi connectivity index (χ0n) is 10.4. The van der Waals surface area contributed by atoms with E-state index >= 15 is 0 Å². The van der Waals surface area contributed by atoms with Gasteiger partial charge in [-0.1, -0.05) is 12.2 Å². The van der Waals surface area contributed by atoms with E-state index in [0.29, 0.717) is 11.8 Å². The summed E-state index contributed by atoms with van der Waals surface area (Å²) in [5.74, 6) is 2.23. The summed E-state index contributed by atoms with van der Waals surface area (Å²) in [5.41, 5.74) is 0. The minimum Gasteiger partial charge on any atom is -0.338 e. The molecule has 3 rings (SSSR count). The molecule has 0 aromatic rings. The van der Waals surface area contributed by atoms with E-state index in [2.05, 4.69) is 22.4 Å². The van der Waals surface area contributed by atoms with Crippen LogP contribution in [0.2, 0.25) is 0 Å². The second-order valence-electron chi connectivity index (χ2n) is 5.84. The third-order valence-electron chi connectivity index (χ3n) is 4.49. The predicted octanol–water partition coefficient (Wildman–Crippen LogP) is 1.41. The normalized spacial score (nSPS) is 36.9. The summed E-state index contributed by atoms with van der Waals surface area (Å²) in [7, 11) is 0. The number of rotatable bonds is 1. The molecule has 1 N–H and O–H groups in total. The average molecular weight is 234 g/mol. The molecule has 2 aliphatic heterocycles. The summed E-state index contributed by atoms with van der Waals surface area (Å²) in [4.78, 5) is 14.5. The maximum absolute atomic E-state index is 12.5. The number of amides is 1. The van der Waals surface area contributed by atoms with Crippen molar-refractivity contribution in [3.05, 3.63) is 12.2 Å². The predicted molar refractivity (Wildman–Crippen MR) is 67.5 cm³/mol. The van der Waals surface area contributed by atoms with Crippen LogP contribution in [-0.2, 0) is 4.79 Å². The number of carbonyl (C=O) groups excluding carboxylic acids is 1. The molecule has 0 spiro atoms. The van der Waals surface area contributed by atoms with Gasteiger partial charge in [-0.25, -0.2) is 0 Å². The van der Waals surface area contributed by atoms with Crippen molar-refractivity contribution in [3.8, 4) is 0 Å². The average Bonchev–Trinajstić information content (AvgIpc) is 2.38. The zero-order valence-corrected chi connectivity index (χ0v) is 10.4. The molecular weight excluding hydrogens is 212 g/mol. The van der Waals surface area contributed by atoms with Gasteiger partial charge in [-0.05, 0) is 50.6 Å². The Morgan fingerprint density at radius 2 is 1.88 bits per heavy atom. The molecule has 94 valence electrons. The van der Waals surface area contributed by atoms with Crippen molar-refractivity contribution in [1.29, 1.82) is 0 Å². The van der Waals surface area contributed by atoms with Crippen LogP contribution >= 0.6 is 0 Å². The highest BCUT2D eigenvalue weighted by Crippen LogP contribution is 2.36.